The summed E-state index contributed by atoms with van der Waals surface area (Å²) in [5.74, 6) is -0.312. The third-order valence-electron chi connectivity index (χ3n) is 2.89. The Morgan fingerprint density at radius 2 is 2.10 bits per heavy atom. The fourth-order valence-electron chi connectivity index (χ4n) is 1.87. The van der Waals surface area contributed by atoms with Crippen LogP contribution in [0.5, 0.6) is 0 Å². The van der Waals surface area contributed by atoms with Crippen molar-refractivity contribution in [2.75, 3.05) is 12.4 Å². The number of methoxy groups -OCH3 is 1. The van der Waals surface area contributed by atoms with E-state index >= 15 is 0 Å². The highest BCUT2D eigenvalue weighted by molar-refractivity contribution is 9.10. The van der Waals surface area contributed by atoms with Gasteiger partial charge in [0.2, 0.25) is 0 Å². The second-order valence-corrected chi connectivity index (χ2v) is 5.58. The Kier molecular flexibility index (Phi) is 5.40. The molecule has 0 saturated carbocycles. The molecule has 0 aliphatic carbocycles. The number of nitrogens with one attached hydrogen (secondary N) is 1. The third kappa shape index (κ3) is 3.72. The predicted octanol–water partition coefficient (Wildman–Crippen LogP) is 5.00. The maximum absolute atomic E-state index is 13.7. The van der Waals surface area contributed by atoms with Crippen molar-refractivity contribution in [1.82, 2.24) is 0 Å². The van der Waals surface area contributed by atoms with Crippen LogP contribution in [0, 0.1) is 5.82 Å². The lowest BCUT2D eigenvalue weighted by molar-refractivity contribution is 0.185. The van der Waals surface area contributed by atoms with Gasteiger partial charge in [-0.1, -0.05) is 39.7 Å². The van der Waals surface area contributed by atoms with Gasteiger partial charge in [0.25, 0.3) is 0 Å². The molecule has 0 aliphatic rings. The van der Waals surface area contributed by atoms with Crippen LogP contribution in [0.25, 0.3) is 0 Å². The van der Waals surface area contributed by atoms with E-state index in [0.29, 0.717) is 23.7 Å². The molecule has 0 bridgehead atoms. The zero-order valence-corrected chi connectivity index (χ0v) is 13.3. The van der Waals surface area contributed by atoms with Crippen LogP contribution in [0.15, 0.2) is 40.9 Å². The van der Waals surface area contributed by atoms with Crippen molar-refractivity contribution in [3.05, 3.63) is 62.8 Å². The molecule has 20 heavy (non-hydrogen) atoms. The molecule has 1 N–H and O–H groups in total. The van der Waals surface area contributed by atoms with Gasteiger partial charge < -0.3 is 10.1 Å². The average Bonchev–Trinajstić information content (AvgIpc) is 2.41. The number of rotatable bonds is 5. The summed E-state index contributed by atoms with van der Waals surface area (Å²) in [5.41, 5.74) is 2.48. The van der Waals surface area contributed by atoms with Gasteiger partial charge in [0, 0.05) is 40.0 Å². The van der Waals surface area contributed by atoms with Gasteiger partial charge >= 0.3 is 0 Å². The average molecular weight is 359 g/mol. The Morgan fingerprint density at radius 3 is 2.80 bits per heavy atom. The Hall–Kier alpha value is -1.10. The van der Waals surface area contributed by atoms with Gasteiger partial charge in [-0.2, -0.15) is 0 Å². The van der Waals surface area contributed by atoms with E-state index in [9.17, 15) is 4.39 Å². The number of hydrogen-bond acceptors (Lipinski definition) is 2. The maximum Gasteiger partial charge on any atom is 0.129 e. The molecule has 2 aromatic rings. The lowest BCUT2D eigenvalue weighted by atomic mass is 10.1. The molecule has 0 atom stereocenters. The largest absolute Gasteiger partial charge is 0.381 e. The summed E-state index contributed by atoms with van der Waals surface area (Å²) in [6.45, 7) is 0.864. The van der Waals surface area contributed by atoms with Crippen molar-refractivity contribution in [3.8, 4) is 0 Å². The quantitative estimate of drug-likeness (QED) is 0.812. The number of hydrogen-bond donors (Lipinski definition) is 1. The fourth-order valence-corrected chi connectivity index (χ4v) is 2.51. The van der Waals surface area contributed by atoms with Gasteiger partial charge in [0.1, 0.15) is 5.82 Å². The maximum atomic E-state index is 13.7. The molecule has 0 unspecified atom stereocenters. The molecule has 106 valence electrons. The normalized spacial score (nSPS) is 10.6. The smallest absolute Gasteiger partial charge is 0.129 e. The molecule has 2 nitrogen and oxygen atoms in total. The molecule has 2 rings (SSSR count). The summed E-state index contributed by atoms with van der Waals surface area (Å²) in [7, 11) is 1.64. The van der Waals surface area contributed by atoms with Crippen molar-refractivity contribution in [2.24, 2.45) is 0 Å². The highest BCUT2D eigenvalue weighted by atomic mass is 79.9. The monoisotopic (exact) mass is 357 g/mol. The predicted molar refractivity (Wildman–Crippen MR) is 83.6 cm³/mol. The number of benzene rings is 2. The first-order valence-electron chi connectivity index (χ1n) is 6.06. The minimum Gasteiger partial charge on any atom is -0.381 e. The Bertz CT molecular complexity index is 606. The molecule has 0 heterocycles. The van der Waals surface area contributed by atoms with E-state index in [0.717, 1.165) is 15.7 Å². The lowest BCUT2D eigenvalue weighted by Crippen LogP contribution is -2.05. The van der Waals surface area contributed by atoms with E-state index in [2.05, 4.69) is 21.2 Å². The van der Waals surface area contributed by atoms with Gasteiger partial charge in [0.05, 0.1) is 6.61 Å². The van der Waals surface area contributed by atoms with Crippen LogP contribution in [-0.2, 0) is 17.9 Å². The standard InChI is InChI=1S/C15H14BrClFNO/c1-20-9-12-13(16)3-2-4-15(12)19-8-10-5-6-11(17)7-14(10)18/h2-7,19H,8-9H2,1H3. The van der Waals surface area contributed by atoms with Gasteiger partial charge in [-0.15, -0.1) is 0 Å². The highest BCUT2D eigenvalue weighted by Crippen LogP contribution is 2.26. The van der Waals surface area contributed by atoms with Crippen molar-refractivity contribution < 1.29 is 9.13 Å². The van der Waals surface area contributed by atoms with Crippen LogP contribution in [0.2, 0.25) is 5.02 Å². The molecule has 0 fully saturated rings. The minimum atomic E-state index is -0.312. The summed E-state index contributed by atoms with van der Waals surface area (Å²) in [4.78, 5) is 0. The molecule has 2 aromatic carbocycles. The zero-order valence-electron chi connectivity index (χ0n) is 10.9. The van der Waals surface area contributed by atoms with Crippen molar-refractivity contribution in [1.29, 1.82) is 0 Å². The Morgan fingerprint density at radius 1 is 1.30 bits per heavy atom. The molecule has 0 aliphatic heterocycles. The first-order valence-corrected chi connectivity index (χ1v) is 7.23. The summed E-state index contributed by atoms with van der Waals surface area (Å²) < 4.78 is 19.9. The van der Waals surface area contributed by atoms with Gasteiger partial charge in [0.15, 0.2) is 0 Å². The van der Waals surface area contributed by atoms with Gasteiger partial charge in [-0.05, 0) is 24.3 Å². The SMILES string of the molecule is COCc1c(Br)cccc1NCc1ccc(Cl)cc1F. The summed E-state index contributed by atoms with van der Waals surface area (Å²) >= 11 is 9.23. The molecule has 0 aromatic heterocycles. The van der Waals surface area contributed by atoms with Crippen LogP contribution in [-0.4, -0.2) is 7.11 Å². The van der Waals surface area contributed by atoms with Crippen LogP contribution in [0.3, 0.4) is 0 Å². The van der Waals surface area contributed by atoms with Crippen LogP contribution < -0.4 is 5.32 Å². The molecular formula is C15H14BrClFNO. The number of ether oxygens (including phenoxy) is 1. The highest BCUT2D eigenvalue weighted by Gasteiger charge is 2.08. The summed E-state index contributed by atoms with van der Waals surface area (Å²) in [5, 5.41) is 3.62. The molecular weight excluding hydrogens is 345 g/mol. The number of anilines is 1. The summed E-state index contributed by atoms with van der Waals surface area (Å²) in [6.07, 6.45) is 0. The first kappa shape index (κ1) is 15.3. The molecule has 0 radical (unpaired) electrons. The van der Waals surface area contributed by atoms with E-state index in [1.54, 1.807) is 19.2 Å². The van der Waals surface area contributed by atoms with Gasteiger partial charge in [-0.25, -0.2) is 4.39 Å². The molecule has 5 heteroatoms. The lowest BCUT2D eigenvalue weighted by Gasteiger charge is -2.13. The van der Waals surface area contributed by atoms with Gasteiger partial charge in [-0.3, -0.25) is 0 Å². The fraction of sp³-hybridized carbons (Fsp3) is 0.200. The van der Waals surface area contributed by atoms with Crippen LogP contribution >= 0.6 is 27.5 Å². The van der Waals surface area contributed by atoms with Crippen LogP contribution in [0.1, 0.15) is 11.1 Å². The molecule has 0 amide bonds. The Balaban J connectivity index is 2.16. The van der Waals surface area contributed by atoms with Crippen LogP contribution in [0.4, 0.5) is 10.1 Å². The molecule has 0 saturated heterocycles. The van der Waals surface area contributed by atoms with Crippen molar-refractivity contribution in [3.63, 3.8) is 0 Å². The van der Waals surface area contributed by atoms with E-state index in [1.807, 2.05) is 18.2 Å². The second kappa shape index (κ2) is 7.07. The van der Waals surface area contributed by atoms with E-state index in [-0.39, 0.29) is 5.82 Å². The first-order chi connectivity index (χ1) is 9.61. The minimum absolute atomic E-state index is 0.312. The van der Waals surface area contributed by atoms with Crippen molar-refractivity contribution in [2.45, 2.75) is 13.2 Å². The second-order valence-electron chi connectivity index (χ2n) is 4.29. The Labute approximate surface area is 131 Å². The topological polar surface area (TPSA) is 21.3 Å². The number of halogens is 3. The zero-order chi connectivity index (χ0) is 14.5. The van der Waals surface area contributed by atoms with E-state index < -0.39 is 0 Å². The van der Waals surface area contributed by atoms with Crippen molar-refractivity contribution >= 4 is 33.2 Å². The van der Waals surface area contributed by atoms with E-state index in [4.69, 9.17) is 16.3 Å². The van der Waals surface area contributed by atoms with E-state index in [1.165, 1.54) is 6.07 Å². The molecule has 0 spiro atoms. The summed E-state index contributed by atoms with van der Waals surface area (Å²) in [6, 6.07) is 10.5. The third-order valence-corrected chi connectivity index (χ3v) is 3.87.